The first-order chi connectivity index (χ1) is 7.44. The van der Waals surface area contributed by atoms with E-state index in [1.54, 1.807) is 6.92 Å². The lowest BCUT2D eigenvalue weighted by molar-refractivity contribution is -0.123. The molecule has 0 spiro atoms. The van der Waals surface area contributed by atoms with E-state index in [-0.39, 0.29) is 23.3 Å². The van der Waals surface area contributed by atoms with Gasteiger partial charge in [-0.2, -0.15) is 0 Å². The molecule has 2 amide bonds. The molecule has 1 aliphatic heterocycles. The molecule has 0 aliphatic carbocycles. The van der Waals surface area contributed by atoms with Gasteiger partial charge in [0.15, 0.2) is 0 Å². The zero-order valence-corrected chi connectivity index (χ0v) is 10.0. The summed E-state index contributed by atoms with van der Waals surface area (Å²) in [5.74, 6) is 4.74. The summed E-state index contributed by atoms with van der Waals surface area (Å²) in [4.78, 5) is 22.6. The number of hydrogen-bond acceptors (Lipinski definition) is 2. The van der Waals surface area contributed by atoms with E-state index < -0.39 is 0 Å². The number of nitrogens with one attached hydrogen (secondary N) is 2. The highest BCUT2D eigenvalue weighted by Crippen LogP contribution is 2.26. The van der Waals surface area contributed by atoms with E-state index in [1.165, 1.54) is 0 Å². The second-order valence-corrected chi connectivity index (χ2v) is 4.69. The largest absolute Gasteiger partial charge is 0.351 e. The molecule has 4 heteroatoms. The van der Waals surface area contributed by atoms with Gasteiger partial charge in [0.05, 0.1) is 0 Å². The van der Waals surface area contributed by atoms with Gasteiger partial charge in [-0.3, -0.25) is 9.59 Å². The van der Waals surface area contributed by atoms with Gasteiger partial charge in [0.25, 0.3) is 5.91 Å². The summed E-state index contributed by atoms with van der Waals surface area (Å²) in [5.41, 5.74) is -0.116. The van der Waals surface area contributed by atoms with Gasteiger partial charge in [-0.15, -0.1) is 0 Å². The van der Waals surface area contributed by atoms with Crippen molar-refractivity contribution in [2.75, 3.05) is 6.54 Å². The van der Waals surface area contributed by atoms with Gasteiger partial charge in [0, 0.05) is 18.0 Å². The van der Waals surface area contributed by atoms with E-state index in [2.05, 4.69) is 22.5 Å². The maximum absolute atomic E-state index is 11.5. The van der Waals surface area contributed by atoms with Crippen LogP contribution in [0.1, 0.15) is 33.6 Å². The Morgan fingerprint density at radius 2 is 2.31 bits per heavy atom. The lowest BCUT2D eigenvalue weighted by Crippen LogP contribution is -2.34. The maximum atomic E-state index is 11.5. The molecule has 1 heterocycles. The summed E-state index contributed by atoms with van der Waals surface area (Å²) in [7, 11) is 0. The molecule has 1 aliphatic rings. The second kappa shape index (κ2) is 5.02. The third kappa shape index (κ3) is 3.58. The molecule has 1 saturated heterocycles. The van der Waals surface area contributed by atoms with Gasteiger partial charge in [-0.1, -0.05) is 5.92 Å². The lowest BCUT2D eigenvalue weighted by atomic mass is 9.94. The highest BCUT2D eigenvalue weighted by atomic mass is 16.2. The summed E-state index contributed by atoms with van der Waals surface area (Å²) >= 11 is 0. The zero-order valence-electron chi connectivity index (χ0n) is 10.0. The minimum atomic E-state index is -0.278. The second-order valence-electron chi connectivity index (χ2n) is 4.69. The van der Waals surface area contributed by atoms with Crippen LogP contribution in [0.25, 0.3) is 0 Å². The fourth-order valence-electron chi connectivity index (χ4n) is 1.95. The summed E-state index contributed by atoms with van der Waals surface area (Å²) < 4.78 is 0. The maximum Gasteiger partial charge on any atom is 0.295 e. The van der Waals surface area contributed by atoms with E-state index in [1.807, 2.05) is 13.8 Å². The van der Waals surface area contributed by atoms with Crippen molar-refractivity contribution in [2.45, 2.75) is 39.2 Å². The van der Waals surface area contributed by atoms with Gasteiger partial charge >= 0.3 is 0 Å². The predicted octanol–water partition coefficient (Wildman–Crippen LogP) is 0.431. The van der Waals surface area contributed by atoms with Gasteiger partial charge in [0.1, 0.15) is 0 Å². The average Bonchev–Trinajstić information content (AvgIpc) is 2.40. The van der Waals surface area contributed by atoms with Crippen LogP contribution in [0.3, 0.4) is 0 Å². The molecule has 0 aromatic heterocycles. The summed E-state index contributed by atoms with van der Waals surface area (Å²) in [6.07, 6.45) is 1.49. The Balaban J connectivity index is 2.31. The fourth-order valence-corrected chi connectivity index (χ4v) is 1.95. The van der Waals surface area contributed by atoms with Crippen LogP contribution < -0.4 is 10.6 Å². The summed E-state index contributed by atoms with van der Waals surface area (Å²) in [5, 5.41) is 5.59. The molecule has 4 nitrogen and oxygen atoms in total. The van der Waals surface area contributed by atoms with Crippen LogP contribution in [0.15, 0.2) is 0 Å². The van der Waals surface area contributed by atoms with Gasteiger partial charge in [0.2, 0.25) is 5.91 Å². The average molecular weight is 222 g/mol. The topological polar surface area (TPSA) is 58.2 Å². The Hall–Kier alpha value is -1.50. The van der Waals surface area contributed by atoms with Crippen molar-refractivity contribution in [1.29, 1.82) is 0 Å². The Morgan fingerprint density at radius 3 is 2.81 bits per heavy atom. The number of rotatable bonds is 3. The monoisotopic (exact) mass is 222 g/mol. The Labute approximate surface area is 96.2 Å². The molecule has 1 fully saturated rings. The Bertz CT molecular complexity index is 350. The summed E-state index contributed by atoms with van der Waals surface area (Å²) in [6, 6.07) is 0. The van der Waals surface area contributed by atoms with Crippen LogP contribution in [0.2, 0.25) is 0 Å². The molecule has 0 saturated carbocycles. The predicted molar refractivity (Wildman–Crippen MR) is 61.4 cm³/mol. The van der Waals surface area contributed by atoms with Gasteiger partial charge in [-0.25, -0.2) is 0 Å². The van der Waals surface area contributed by atoms with Gasteiger partial charge in [-0.05, 0) is 39.5 Å². The van der Waals surface area contributed by atoms with Gasteiger partial charge < -0.3 is 10.6 Å². The number of hydrogen-bond donors (Lipinski definition) is 2. The third-order valence-corrected chi connectivity index (χ3v) is 2.61. The van der Waals surface area contributed by atoms with Crippen LogP contribution in [0.4, 0.5) is 0 Å². The Morgan fingerprint density at radius 1 is 1.62 bits per heavy atom. The first-order valence-corrected chi connectivity index (χ1v) is 5.47. The van der Waals surface area contributed by atoms with Crippen molar-refractivity contribution < 1.29 is 9.59 Å². The molecule has 2 N–H and O–H groups in total. The minimum absolute atomic E-state index is 0.00452. The van der Waals surface area contributed by atoms with Crippen molar-refractivity contribution in [1.82, 2.24) is 10.6 Å². The molecule has 0 aromatic carbocycles. The normalized spacial score (nSPS) is 21.9. The zero-order chi connectivity index (χ0) is 12.2. The quantitative estimate of drug-likeness (QED) is 0.680. The van der Waals surface area contributed by atoms with Crippen LogP contribution >= 0.6 is 0 Å². The molecule has 0 aromatic rings. The minimum Gasteiger partial charge on any atom is -0.351 e. The first-order valence-electron chi connectivity index (χ1n) is 5.47. The third-order valence-electron chi connectivity index (χ3n) is 2.61. The molecule has 16 heavy (non-hydrogen) atoms. The van der Waals surface area contributed by atoms with Crippen LogP contribution in [-0.2, 0) is 9.59 Å². The van der Waals surface area contributed by atoms with Crippen LogP contribution in [0.5, 0.6) is 0 Å². The first kappa shape index (κ1) is 12.6. The van der Waals surface area contributed by atoms with E-state index in [9.17, 15) is 9.59 Å². The molecule has 88 valence electrons. The SMILES string of the molecule is CC#CC(=O)NCCC1CC(C)(C)NC1=O. The van der Waals surface area contributed by atoms with Crippen LogP contribution in [-0.4, -0.2) is 23.9 Å². The Kier molecular flexibility index (Phi) is 3.94. The molecule has 1 atom stereocenters. The van der Waals surface area contributed by atoms with E-state index in [0.717, 1.165) is 6.42 Å². The lowest BCUT2D eigenvalue weighted by Gasteiger charge is -2.16. The fraction of sp³-hybridized carbons (Fsp3) is 0.667. The summed E-state index contributed by atoms with van der Waals surface area (Å²) in [6.45, 7) is 6.13. The standard InChI is InChI=1S/C12H18N2O2/c1-4-5-10(15)13-7-6-9-8-12(2,3)14-11(9)16/h9H,6-8H2,1-3H3,(H,13,15)(H,14,16). The number of carbonyl (C=O) groups excluding carboxylic acids is 2. The van der Waals surface area contributed by atoms with Crippen molar-refractivity contribution >= 4 is 11.8 Å². The molecular formula is C12H18N2O2. The van der Waals surface area contributed by atoms with Crippen molar-refractivity contribution in [3.8, 4) is 11.8 Å². The molecule has 0 bridgehead atoms. The van der Waals surface area contributed by atoms with Crippen molar-refractivity contribution in [2.24, 2.45) is 5.92 Å². The van der Waals surface area contributed by atoms with Crippen molar-refractivity contribution in [3.05, 3.63) is 0 Å². The smallest absolute Gasteiger partial charge is 0.295 e. The number of carbonyl (C=O) groups is 2. The highest BCUT2D eigenvalue weighted by Gasteiger charge is 2.36. The molecular weight excluding hydrogens is 204 g/mol. The molecule has 1 unspecified atom stereocenters. The van der Waals surface area contributed by atoms with Crippen molar-refractivity contribution in [3.63, 3.8) is 0 Å². The molecule has 0 radical (unpaired) electrons. The molecule has 1 rings (SSSR count). The van der Waals surface area contributed by atoms with E-state index in [4.69, 9.17) is 0 Å². The van der Waals surface area contributed by atoms with E-state index >= 15 is 0 Å². The van der Waals surface area contributed by atoms with E-state index in [0.29, 0.717) is 13.0 Å². The highest BCUT2D eigenvalue weighted by molar-refractivity contribution is 5.93. The number of amides is 2. The van der Waals surface area contributed by atoms with Crippen LogP contribution in [0, 0.1) is 17.8 Å².